The first-order valence-corrected chi connectivity index (χ1v) is 5.03. The minimum Gasteiger partial charge on any atom is -0.480 e. The Kier molecular flexibility index (Phi) is 2.56. The van der Waals surface area contributed by atoms with Crippen LogP contribution in [-0.4, -0.2) is 17.1 Å². The predicted molar refractivity (Wildman–Crippen MR) is 58.8 cm³/mol. The highest BCUT2D eigenvalue weighted by molar-refractivity contribution is 9.10. The third-order valence-corrected chi connectivity index (χ3v) is 3.03. The first-order chi connectivity index (χ1) is 6.72. The van der Waals surface area contributed by atoms with Gasteiger partial charge in [-0.3, -0.25) is 0 Å². The molecule has 5 heteroatoms. The highest BCUT2D eigenvalue weighted by Crippen LogP contribution is 2.30. The van der Waals surface area contributed by atoms with Crippen LogP contribution in [0.3, 0.4) is 0 Å². The van der Waals surface area contributed by atoms with Crippen molar-refractivity contribution >= 4 is 38.4 Å². The van der Waals surface area contributed by atoms with Crippen LogP contribution in [0.4, 0.5) is 0 Å². The van der Waals surface area contributed by atoms with Crippen molar-refractivity contribution in [3.8, 4) is 5.88 Å². The number of hydrogen-bond donors (Lipinski definition) is 0. The van der Waals surface area contributed by atoms with Crippen LogP contribution < -0.4 is 4.74 Å². The third-order valence-electron chi connectivity index (χ3n) is 1.83. The van der Waals surface area contributed by atoms with Crippen molar-refractivity contribution in [1.82, 2.24) is 9.97 Å². The molecule has 0 amide bonds. The molecule has 0 aliphatic heterocycles. The summed E-state index contributed by atoms with van der Waals surface area (Å²) in [5.74, 6) is 0.532. The minimum atomic E-state index is 0.532. The first-order valence-electron chi connectivity index (χ1n) is 3.86. The number of aromatic nitrogens is 2. The molecule has 0 N–H and O–H groups in total. The molecule has 0 atom stereocenters. The molecule has 0 spiro atoms. The van der Waals surface area contributed by atoms with Gasteiger partial charge in [-0.1, -0.05) is 11.6 Å². The van der Waals surface area contributed by atoms with Crippen LogP contribution in [0, 0.1) is 0 Å². The Hall–Kier alpha value is -0.870. The van der Waals surface area contributed by atoms with E-state index in [9.17, 15) is 0 Å². The fourth-order valence-corrected chi connectivity index (χ4v) is 1.69. The standard InChI is InChI=1S/C9H6BrClN2O/c1-14-9-5-2-7(11)6(10)3-8(5)12-4-13-9/h2-4H,1H3. The summed E-state index contributed by atoms with van der Waals surface area (Å²) in [5.41, 5.74) is 0.799. The van der Waals surface area contributed by atoms with Crippen LogP contribution in [0.2, 0.25) is 5.02 Å². The third kappa shape index (κ3) is 1.55. The van der Waals surface area contributed by atoms with Crippen molar-refractivity contribution in [2.24, 2.45) is 0 Å². The second-order valence-electron chi connectivity index (χ2n) is 2.67. The van der Waals surface area contributed by atoms with Gasteiger partial charge in [0.15, 0.2) is 0 Å². The Morgan fingerprint density at radius 2 is 2.14 bits per heavy atom. The molecule has 0 fully saturated rings. The summed E-state index contributed by atoms with van der Waals surface area (Å²) in [6, 6.07) is 3.61. The van der Waals surface area contributed by atoms with E-state index in [4.69, 9.17) is 16.3 Å². The lowest BCUT2D eigenvalue weighted by molar-refractivity contribution is 0.402. The van der Waals surface area contributed by atoms with Gasteiger partial charge in [-0.2, -0.15) is 0 Å². The Bertz CT molecular complexity index is 489. The van der Waals surface area contributed by atoms with Gasteiger partial charge in [-0.25, -0.2) is 9.97 Å². The molecule has 0 saturated heterocycles. The molecule has 72 valence electrons. The fourth-order valence-electron chi connectivity index (χ4n) is 1.19. The normalized spacial score (nSPS) is 10.5. The van der Waals surface area contributed by atoms with Crippen LogP contribution in [0.25, 0.3) is 10.9 Å². The summed E-state index contributed by atoms with van der Waals surface area (Å²) in [5, 5.41) is 1.42. The molecule has 0 bridgehead atoms. The maximum atomic E-state index is 5.96. The first kappa shape index (κ1) is 9.68. The molecule has 1 aromatic heterocycles. The number of halogens is 2. The summed E-state index contributed by atoms with van der Waals surface area (Å²) in [6.07, 6.45) is 1.46. The van der Waals surface area contributed by atoms with E-state index in [-0.39, 0.29) is 0 Å². The molecule has 3 nitrogen and oxygen atoms in total. The maximum Gasteiger partial charge on any atom is 0.224 e. The number of rotatable bonds is 1. The Labute approximate surface area is 94.2 Å². The van der Waals surface area contributed by atoms with Crippen molar-refractivity contribution < 1.29 is 4.74 Å². The van der Waals surface area contributed by atoms with Crippen LogP contribution in [0.5, 0.6) is 5.88 Å². The van der Waals surface area contributed by atoms with Crippen LogP contribution in [0.1, 0.15) is 0 Å². The van der Waals surface area contributed by atoms with Gasteiger partial charge in [0.25, 0.3) is 0 Å². The topological polar surface area (TPSA) is 35.0 Å². The van der Waals surface area contributed by atoms with Gasteiger partial charge in [-0.05, 0) is 28.1 Å². The number of ether oxygens (including phenoxy) is 1. The molecular weight excluding hydrogens is 267 g/mol. The summed E-state index contributed by atoms with van der Waals surface area (Å²) in [7, 11) is 1.57. The van der Waals surface area contributed by atoms with Crippen molar-refractivity contribution in [1.29, 1.82) is 0 Å². The van der Waals surface area contributed by atoms with E-state index in [2.05, 4.69) is 25.9 Å². The highest BCUT2D eigenvalue weighted by atomic mass is 79.9. The zero-order valence-corrected chi connectivity index (χ0v) is 9.63. The maximum absolute atomic E-state index is 5.96. The predicted octanol–water partition coefficient (Wildman–Crippen LogP) is 3.05. The average molecular weight is 274 g/mol. The summed E-state index contributed by atoms with van der Waals surface area (Å²) in [6.45, 7) is 0. The fraction of sp³-hybridized carbons (Fsp3) is 0.111. The lowest BCUT2D eigenvalue weighted by Crippen LogP contribution is -1.90. The van der Waals surface area contributed by atoms with E-state index in [0.717, 1.165) is 15.4 Å². The van der Waals surface area contributed by atoms with Crippen LogP contribution in [-0.2, 0) is 0 Å². The second-order valence-corrected chi connectivity index (χ2v) is 3.93. The van der Waals surface area contributed by atoms with E-state index in [0.29, 0.717) is 10.9 Å². The Morgan fingerprint density at radius 3 is 2.86 bits per heavy atom. The van der Waals surface area contributed by atoms with Gasteiger partial charge in [0, 0.05) is 4.47 Å². The SMILES string of the molecule is COc1ncnc2cc(Br)c(Cl)cc12. The van der Waals surface area contributed by atoms with Gasteiger partial charge in [-0.15, -0.1) is 0 Å². The molecule has 2 rings (SSSR count). The van der Waals surface area contributed by atoms with Gasteiger partial charge < -0.3 is 4.74 Å². The van der Waals surface area contributed by atoms with Crippen molar-refractivity contribution in [2.75, 3.05) is 7.11 Å². The summed E-state index contributed by atoms with van der Waals surface area (Å²) >= 11 is 9.29. The molecular formula is C9H6BrClN2O. The molecule has 0 saturated carbocycles. The van der Waals surface area contributed by atoms with E-state index in [1.807, 2.05) is 6.07 Å². The van der Waals surface area contributed by atoms with Crippen molar-refractivity contribution in [2.45, 2.75) is 0 Å². The average Bonchev–Trinajstić information content (AvgIpc) is 2.19. The van der Waals surface area contributed by atoms with Crippen molar-refractivity contribution in [3.63, 3.8) is 0 Å². The Morgan fingerprint density at radius 1 is 1.36 bits per heavy atom. The van der Waals surface area contributed by atoms with Gasteiger partial charge in [0.2, 0.25) is 5.88 Å². The number of benzene rings is 1. The summed E-state index contributed by atoms with van der Waals surface area (Å²) in [4.78, 5) is 8.10. The largest absolute Gasteiger partial charge is 0.480 e. The van der Waals surface area contributed by atoms with Crippen molar-refractivity contribution in [3.05, 3.63) is 28.0 Å². The molecule has 2 aromatic rings. The van der Waals surface area contributed by atoms with E-state index in [1.54, 1.807) is 13.2 Å². The van der Waals surface area contributed by atoms with Gasteiger partial charge >= 0.3 is 0 Å². The van der Waals surface area contributed by atoms with Gasteiger partial charge in [0.05, 0.1) is 23.0 Å². The van der Waals surface area contributed by atoms with Crippen LogP contribution >= 0.6 is 27.5 Å². The monoisotopic (exact) mass is 272 g/mol. The van der Waals surface area contributed by atoms with Gasteiger partial charge in [0.1, 0.15) is 6.33 Å². The molecule has 1 heterocycles. The highest BCUT2D eigenvalue weighted by Gasteiger charge is 2.06. The lowest BCUT2D eigenvalue weighted by atomic mass is 10.2. The lowest BCUT2D eigenvalue weighted by Gasteiger charge is -2.04. The number of fused-ring (bicyclic) bond motifs is 1. The molecule has 14 heavy (non-hydrogen) atoms. The second kappa shape index (κ2) is 3.71. The molecule has 1 aromatic carbocycles. The van der Waals surface area contributed by atoms with Crippen LogP contribution in [0.15, 0.2) is 22.9 Å². The molecule has 0 aliphatic rings. The molecule has 0 aliphatic carbocycles. The zero-order valence-electron chi connectivity index (χ0n) is 7.29. The number of methoxy groups -OCH3 is 1. The number of hydrogen-bond acceptors (Lipinski definition) is 3. The Balaban J connectivity index is 2.81. The molecule has 0 radical (unpaired) electrons. The van der Waals surface area contributed by atoms with E-state index < -0.39 is 0 Å². The summed E-state index contributed by atoms with van der Waals surface area (Å²) < 4.78 is 5.91. The minimum absolute atomic E-state index is 0.532. The number of nitrogens with zero attached hydrogens (tertiary/aromatic N) is 2. The smallest absolute Gasteiger partial charge is 0.224 e. The quantitative estimate of drug-likeness (QED) is 0.801. The zero-order chi connectivity index (χ0) is 10.1. The molecule has 0 unspecified atom stereocenters. The van der Waals surface area contributed by atoms with E-state index in [1.165, 1.54) is 6.33 Å². The van der Waals surface area contributed by atoms with E-state index >= 15 is 0 Å².